The van der Waals surface area contributed by atoms with Crippen molar-refractivity contribution >= 4 is 46.7 Å². The quantitative estimate of drug-likeness (QED) is 0.290. The number of carbonyl (C=O) groups is 1. The molecular formula is C22H17Cl3F4O. The number of rotatable bonds is 7. The molecule has 3 rings (SSSR count). The lowest BCUT2D eigenvalue weighted by molar-refractivity contribution is -0.139. The fraction of sp³-hybridized carbons (Fsp3) is 0.318. The van der Waals surface area contributed by atoms with Gasteiger partial charge in [-0.2, -0.15) is 13.2 Å². The van der Waals surface area contributed by atoms with E-state index in [1.165, 1.54) is 18.2 Å². The van der Waals surface area contributed by atoms with Crippen LogP contribution in [-0.4, -0.2) is 12.0 Å². The molecule has 160 valence electrons. The summed E-state index contributed by atoms with van der Waals surface area (Å²) in [5.74, 6) is -2.30. The molecule has 1 fully saturated rings. The smallest absolute Gasteiger partial charge is 0.299 e. The molecule has 0 heterocycles. The third kappa shape index (κ3) is 5.77. The van der Waals surface area contributed by atoms with Gasteiger partial charge in [-0.25, -0.2) is 4.39 Å². The van der Waals surface area contributed by atoms with E-state index in [4.69, 9.17) is 34.8 Å². The molecule has 1 nitrogen and oxygen atoms in total. The van der Waals surface area contributed by atoms with Gasteiger partial charge in [0.2, 0.25) is 0 Å². The second kappa shape index (κ2) is 9.29. The van der Waals surface area contributed by atoms with Gasteiger partial charge in [-0.15, -0.1) is 0 Å². The monoisotopic (exact) mass is 478 g/mol. The molecule has 0 aromatic heterocycles. The summed E-state index contributed by atoms with van der Waals surface area (Å²) in [6.45, 7) is 0. The van der Waals surface area contributed by atoms with E-state index in [2.05, 4.69) is 0 Å². The van der Waals surface area contributed by atoms with E-state index in [0.29, 0.717) is 5.56 Å². The predicted molar refractivity (Wildman–Crippen MR) is 112 cm³/mol. The number of allylic oxidation sites excluding steroid dienone is 1. The molecule has 0 radical (unpaired) electrons. The van der Waals surface area contributed by atoms with Gasteiger partial charge in [-0.3, -0.25) is 4.79 Å². The van der Waals surface area contributed by atoms with Crippen LogP contribution >= 0.6 is 34.8 Å². The molecule has 1 aliphatic rings. The van der Waals surface area contributed by atoms with Crippen LogP contribution in [0.25, 0.3) is 6.08 Å². The molecule has 2 aromatic carbocycles. The number of alkyl halides is 3. The molecule has 8 heteroatoms. The van der Waals surface area contributed by atoms with Crippen LogP contribution in [0.5, 0.6) is 0 Å². The number of benzene rings is 2. The van der Waals surface area contributed by atoms with Gasteiger partial charge in [0.25, 0.3) is 0 Å². The lowest BCUT2D eigenvalue weighted by Crippen LogP contribution is -2.19. The molecule has 2 aromatic rings. The number of Topliss-reactive ketones (excluding diaryl/α,β-unsaturated/α-hetero) is 1. The summed E-state index contributed by atoms with van der Waals surface area (Å²) < 4.78 is 55.1. The molecule has 0 spiro atoms. The van der Waals surface area contributed by atoms with Crippen molar-refractivity contribution < 1.29 is 22.4 Å². The normalized spacial score (nSPS) is 15.6. The Hall–Kier alpha value is -1.56. The molecule has 30 heavy (non-hydrogen) atoms. The second-order valence-corrected chi connectivity index (χ2v) is 8.46. The third-order valence-electron chi connectivity index (χ3n) is 4.95. The van der Waals surface area contributed by atoms with Crippen LogP contribution in [0.2, 0.25) is 15.1 Å². The molecule has 1 unspecified atom stereocenters. The Morgan fingerprint density at radius 3 is 2.27 bits per heavy atom. The SMILES string of the molecule is O=C(CCc1ccc(/C=C/C(c2cc(Cl)c(Cl)c(Cl)c2)C(F)(F)F)cc1F)C1CC1. The van der Waals surface area contributed by atoms with E-state index in [1.807, 2.05) is 0 Å². The van der Waals surface area contributed by atoms with Crippen molar-refractivity contribution in [1.29, 1.82) is 0 Å². The van der Waals surface area contributed by atoms with Crippen molar-refractivity contribution in [2.75, 3.05) is 0 Å². The summed E-state index contributed by atoms with van der Waals surface area (Å²) in [6.07, 6.45) is -0.162. The maximum absolute atomic E-state index is 14.3. The minimum atomic E-state index is -4.61. The minimum Gasteiger partial charge on any atom is -0.299 e. The molecule has 0 saturated heterocycles. The van der Waals surface area contributed by atoms with Crippen LogP contribution in [-0.2, 0) is 11.2 Å². The fourth-order valence-electron chi connectivity index (χ4n) is 3.11. The topological polar surface area (TPSA) is 17.1 Å². The number of ketones is 1. The lowest BCUT2D eigenvalue weighted by Gasteiger charge is -2.18. The van der Waals surface area contributed by atoms with Gasteiger partial charge in [-0.1, -0.05) is 59.1 Å². The Morgan fingerprint density at radius 2 is 1.73 bits per heavy atom. The van der Waals surface area contributed by atoms with Crippen molar-refractivity contribution in [1.82, 2.24) is 0 Å². The summed E-state index contributed by atoms with van der Waals surface area (Å²) in [5, 5.41) is -0.194. The van der Waals surface area contributed by atoms with E-state index < -0.39 is 17.9 Å². The number of halogens is 7. The summed E-state index contributed by atoms with van der Waals surface area (Å²) in [5.41, 5.74) is 0.462. The highest BCUT2D eigenvalue weighted by Gasteiger charge is 2.39. The Balaban J connectivity index is 1.78. The van der Waals surface area contributed by atoms with Crippen LogP contribution in [0.3, 0.4) is 0 Å². The first kappa shape index (κ1) is 23.1. The van der Waals surface area contributed by atoms with Crippen LogP contribution in [0.1, 0.15) is 41.9 Å². The summed E-state index contributed by atoms with van der Waals surface area (Å²) in [4.78, 5) is 11.8. The molecule has 1 saturated carbocycles. The van der Waals surface area contributed by atoms with Gasteiger partial charge in [0, 0.05) is 12.3 Å². The van der Waals surface area contributed by atoms with Crippen LogP contribution in [0.4, 0.5) is 17.6 Å². The Labute approximate surface area is 186 Å². The highest BCUT2D eigenvalue weighted by molar-refractivity contribution is 6.48. The van der Waals surface area contributed by atoms with E-state index in [-0.39, 0.29) is 50.7 Å². The number of aryl methyl sites for hydroxylation is 1. The van der Waals surface area contributed by atoms with Crippen molar-refractivity contribution in [3.63, 3.8) is 0 Å². The molecule has 0 aliphatic heterocycles. The number of hydrogen-bond acceptors (Lipinski definition) is 1. The van der Waals surface area contributed by atoms with Crippen LogP contribution in [0.15, 0.2) is 36.4 Å². The summed E-state index contributed by atoms with van der Waals surface area (Å²) in [6, 6.07) is 6.39. The second-order valence-electron chi connectivity index (χ2n) is 7.27. The average Bonchev–Trinajstić information content (AvgIpc) is 3.49. The van der Waals surface area contributed by atoms with Gasteiger partial charge in [0.15, 0.2) is 0 Å². The predicted octanol–water partition coefficient (Wildman–Crippen LogP) is 8.06. The highest BCUT2D eigenvalue weighted by Crippen LogP contribution is 2.41. The van der Waals surface area contributed by atoms with Crippen LogP contribution < -0.4 is 0 Å². The van der Waals surface area contributed by atoms with Crippen molar-refractivity contribution in [2.45, 2.75) is 37.8 Å². The van der Waals surface area contributed by atoms with Crippen LogP contribution in [0, 0.1) is 11.7 Å². The van der Waals surface area contributed by atoms with Gasteiger partial charge in [-0.05, 0) is 54.2 Å². The van der Waals surface area contributed by atoms with E-state index in [9.17, 15) is 22.4 Å². The highest BCUT2D eigenvalue weighted by atomic mass is 35.5. The summed E-state index contributed by atoms with van der Waals surface area (Å²) >= 11 is 17.5. The number of hydrogen-bond donors (Lipinski definition) is 0. The van der Waals surface area contributed by atoms with Gasteiger partial charge in [0.05, 0.1) is 21.0 Å². The molecule has 1 atom stereocenters. The molecule has 0 N–H and O–H groups in total. The zero-order valence-electron chi connectivity index (χ0n) is 15.6. The first-order chi connectivity index (χ1) is 14.1. The maximum atomic E-state index is 14.3. The van der Waals surface area contributed by atoms with Crippen molar-refractivity contribution in [2.24, 2.45) is 5.92 Å². The molecule has 0 amide bonds. The Kier molecular flexibility index (Phi) is 7.16. The van der Waals surface area contributed by atoms with Crippen molar-refractivity contribution in [3.8, 4) is 0 Å². The molecule has 1 aliphatic carbocycles. The van der Waals surface area contributed by atoms with Gasteiger partial charge in [0.1, 0.15) is 11.6 Å². The summed E-state index contributed by atoms with van der Waals surface area (Å²) in [7, 11) is 0. The van der Waals surface area contributed by atoms with E-state index in [0.717, 1.165) is 37.1 Å². The van der Waals surface area contributed by atoms with Crippen molar-refractivity contribution in [3.05, 3.63) is 74.0 Å². The van der Waals surface area contributed by atoms with E-state index in [1.54, 1.807) is 0 Å². The molecular weight excluding hydrogens is 463 g/mol. The largest absolute Gasteiger partial charge is 0.399 e. The first-order valence-corrected chi connectivity index (χ1v) is 10.4. The third-order valence-corrected chi connectivity index (χ3v) is 6.15. The first-order valence-electron chi connectivity index (χ1n) is 9.26. The average molecular weight is 480 g/mol. The lowest BCUT2D eigenvalue weighted by atomic mass is 9.96. The zero-order chi connectivity index (χ0) is 22.1. The van der Waals surface area contributed by atoms with E-state index >= 15 is 0 Å². The zero-order valence-corrected chi connectivity index (χ0v) is 17.8. The Bertz CT molecular complexity index is 958. The Morgan fingerprint density at radius 1 is 1.10 bits per heavy atom. The van der Waals surface area contributed by atoms with Gasteiger partial charge >= 0.3 is 6.18 Å². The fourth-order valence-corrected chi connectivity index (χ4v) is 3.72. The minimum absolute atomic E-state index is 0.0233. The number of carbonyl (C=O) groups excluding carboxylic acids is 1. The molecule has 0 bridgehead atoms. The maximum Gasteiger partial charge on any atom is 0.399 e. The van der Waals surface area contributed by atoms with Gasteiger partial charge < -0.3 is 0 Å². The standard InChI is InChI=1S/C22H17Cl3F4O/c23-17-10-15(11-18(24)21(17)25)16(22(27,28)29)7-2-12-1-3-13(19(26)9-12)6-8-20(30)14-4-5-14/h1-3,7,9-11,14,16H,4-6,8H2/b7-2+.